The maximum Gasteiger partial charge on any atom is 0.254 e. The van der Waals surface area contributed by atoms with E-state index in [1.165, 1.54) is 18.2 Å². The Kier molecular flexibility index (Phi) is 3.90. The van der Waals surface area contributed by atoms with Gasteiger partial charge in [0.2, 0.25) is 0 Å². The van der Waals surface area contributed by atoms with E-state index in [-0.39, 0.29) is 11.7 Å². The summed E-state index contributed by atoms with van der Waals surface area (Å²) in [7, 11) is 1.71. The topological polar surface area (TPSA) is 33.2 Å². The molecule has 0 atom stereocenters. The number of pyridine rings is 1. The molecule has 0 bridgehead atoms. The second-order valence-electron chi connectivity index (χ2n) is 4.44. The van der Waals surface area contributed by atoms with E-state index >= 15 is 0 Å². The summed E-state index contributed by atoms with van der Waals surface area (Å²) in [6.45, 7) is 2.15. The fourth-order valence-electron chi connectivity index (χ4n) is 1.88. The van der Waals surface area contributed by atoms with Crippen LogP contribution >= 0.6 is 0 Å². The van der Waals surface area contributed by atoms with E-state index < -0.39 is 0 Å². The van der Waals surface area contributed by atoms with Crippen LogP contribution in [0.4, 0.5) is 4.39 Å². The minimum Gasteiger partial charge on any atom is -0.336 e. The zero-order chi connectivity index (χ0) is 13.8. The molecule has 1 heterocycles. The highest BCUT2D eigenvalue weighted by atomic mass is 19.1. The third kappa shape index (κ3) is 3.16. The van der Waals surface area contributed by atoms with Crippen LogP contribution in [0.15, 0.2) is 42.6 Å². The van der Waals surface area contributed by atoms with Crippen molar-refractivity contribution >= 4 is 5.91 Å². The summed E-state index contributed by atoms with van der Waals surface area (Å²) in [5.41, 5.74) is 1.97. The highest BCUT2D eigenvalue weighted by Gasteiger charge is 2.15. The van der Waals surface area contributed by atoms with Crippen LogP contribution in [-0.4, -0.2) is 22.8 Å². The molecule has 2 aromatic rings. The van der Waals surface area contributed by atoms with Crippen molar-refractivity contribution in [1.29, 1.82) is 0 Å². The molecule has 3 nitrogen and oxygen atoms in total. The smallest absolute Gasteiger partial charge is 0.254 e. The SMILES string of the molecule is Cc1cc(F)ccc1C(=O)N(C)Cc1ccccn1. The van der Waals surface area contributed by atoms with Gasteiger partial charge in [-0.15, -0.1) is 0 Å². The maximum atomic E-state index is 13.0. The Labute approximate surface area is 111 Å². The van der Waals surface area contributed by atoms with Gasteiger partial charge in [0.05, 0.1) is 12.2 Å². The lowest BCUT2D eigenvalue weighted by molar-refractivity contribution is 0.0782. The molecule has 0 unspecified atom stereocenters. The molecule has 0 aliphatic carbocycles. The van der Waals surface area contributed by atoms with Gasteiger partial charge >= 0.3 is 0 Å². The third-order valence-corrected chi connectivity index (χ3v) is 2.89. The lowest BCUT2D eigenvalue weighted by atomic mass is 10.1. The van der Waals surface area contributed by atoms with Crippen LogP contribution in [0.2, 0.25) is 0 Å². The van der Waals surface area contributed by atoms with Crippen molar-refractivity contribution in [3.05, 3.63) is 65.2 Å². The summed E-state index contributed by atoms with van der Waals surface area (Å²) in [6, 6.07) is 9.75. The van der Waals surface area contributed by atoms with Crippen LogP contribution in [0.3, 0.4) is 0 Å². The Morgan fingerprint density at radius 2 is 2.11 bits per heavy atom. The number of carbonyl (C=O) groups is 1. The minimum absolute atomic E-state index is 0.136. The van der Waals surface area contributed by atoms with Gasteiger partial charge < -0.3 is 4.90 Å². The molecule has 4 heteroatoms. The van der Waals surface area contributed by atoms with E-state index in [2.05, 4.69) is 4.98 Å². The fraction of sp³-hybridized carbons (Fsp3) is 0.200. The molecule has 1 aromatic carbocycles. The molecule has 19 heavy (non-hydrogen) atoms. The van der Waals surface area contributed by atoms with Crippen LogP contribution in [0, 0.1) is 12.7 Å². The van der Waals surface area contributed by atoms with E-state index in [1.807, 2.05) is 18.2 Å². The molecule has 0 radical (unpaired) electrons. The molecule has 2 rings (SSSR count). The van der Waals surface area contributed by atoms with E-state index in [1.54, 1.807) is 25.1 Å². The van der Waals surface area contributed by atoms with Gasteiger partial charge in [-0.3, -0.25) is 9.78 Å². The molecule has 98 valence electrons. The molecular formula is C15H15FN2O. The standard InChI is InChI=1S/C15H15FN2O/c1-11-9-12(16)6-7-14(11)15(19)18(2)10-13-5-3-4-8-17-13/h3-9H,10H2,1-2H3. The van der Waals surface area contributed by atoms with Crippen molar-refractivity contribution in [3.63, 3.8) is 0 Å². The van der Waals surface area contributed by atoms with Gasteiger partial charge in [-0.25, -0.2) is 4.39 Å². The van der Waals surface area contributed by atoms with Crippen molar-refractivity contribution in [3.8, 4) is 0 Å². The minimum atomic E-state index is -0.332. The highest BCUT2D eigenvalue weighted by molar-refractivity contribution is 5.95. The van der Waals surface area contributed by atoms with Gasteiger partial charge in [-0.2, -0.15) is 0 Å². The number of benzene rings is 1. The summed E-state index contributed by atoms with van der Waals surface area (Å²) in [5.74, 6) is -0.468. The molecule has 0 fully saturated rings. The number of aromatic nitrogens is 1. The Morgan fingerprint density at radius 3 is 2.74 bits per heavy atom. The van der Waals surface area contributed by atoms with Crippen LogP contribution in [-0.2, 0) is 6.54 Å². The molecular weight excluding hydrogens is 243 g/mol. The Hall–Kier alpha value is -2.23. The number of nitrogens with zero attached hydrogens (tertiary/aromatic N) is 2. The number of hydrogen-bond acceptors (Lipinski definition) is 2. The Bertz CT molecular complexity index is 584. The maximum absolute atomic E-state index is 13.0. The molecule has 0 saturated carbocycles. The summed E-state index contributed by atoms with van der Waals surface area (Å²) in [6.07, 6.45) is 1.69. The summed E-state index contributed by atoms with van der Waals surface area (Å²) in [5, 5.41) is 0. The Morgan fingerprint density at radius 1 is 1.32 bits per heavy atom. The zero-order valence-corrected chi connectivity index (χ0v) is 10.9. The summed E-state index contributed by atoms with van der Waals surface area (Å²) < 4.78 is 13.0. The first-order chi connectivity index (χ1) is 9.08. The first kappa shape index (κ1) is 13.2. The molecule has 0 aliphatic heterocycles. The van der Waals surface area contributed by atoms with Crippen molar-refractivity contribution in [1.82, 2.24) is 9.88 Å². The van der Waals surface area contributed by atoms with Crippen molar-refractivity contribution in [2.45, 2.75) is 13.5 Å². The average Bonchev–Trinajstić information content (AvgIpc) is 2.39. The number of carbonyl (C=O) groups excluding carboxylic acids is 1. The second kappa shape index (κ2) is 5.61. The highest BCUT2D eigenvalue weighted by Crippen LogP contribution is 2.13. The van der Waals surface area contributed by atoms with Crippen LogP contribution < -0.4 is 0 Å². The first-order valence-electron chi connectivity index (χ1n) is 5.99. The largest absolute Gasteiger partial charge is 0.336 e. The number of halogens is 1. The van der Waals surface area contributed by atoms with Crippen molar-refractivity contribution < 1.29 is 9.18 Å². The van der Waals surface area contributed by atoms with E-state index in [4.69, 9.17) is 0 Å². The normalized spacial score (nSPS) is 10.3. The van der Waals surface area contributed by atoms with Crippen molar-refractivity contribution in [2.75, 3.05) is 7.05 Å². The zero-order valence-electron chi connectivity index (χ0n) is 10.9. The molecule has 0 saturated heterocycles. The number of hydrogen-bond donors (Lipinski definition) is 0. The number of aryl methyl sites for hydroxylation is 1. The first-order valence-corrected chi connectivity index (χ1v) is 5.99. The van der Waals surface area contributed by atoms with Gasteiger partial charge in [0, 0.05) is 18.8 Å². The fourth-order valence-corrected chi connectivity index (χ4v) is 1.88. The predicted octanol–water partition coefficient (Wildman–Crippen LogP) is 2.80. The second-order valence-corrected chi connectivity index (χ2v) is 4.44. The van der Waals surface area contributed by atoms with Gasteiger partial charge in [0.25, 0.3) is 5.91 Å². The Balaban J connectivity index is 2.15. The monoisotopic (exact) mass is 258 g/mol. The molecule has 0 aliphatic rings. The molecule has 1 amide bonds. The quantitative estimate of drug-likeness (QED) is 0.848. The van der Waals surface area contributed by atoms with Gasteiger partial charge in [0.1, 0.15) is 5.82 Å². The molecule has 0 spiro atoms. The van der Waals surface area contributed by atoms with E-state index in [0.29, 0.717) is 17.7 Å². The lowest BCUT2D eigenvalue weighted by Crippen LogP contribution is -2.27. The summed E-state index contributed by atoms with van der Waals surface area (Å²) >= 11 is 0. The van der Waals surface area contributed by atoms with Gasteiger partial charge in [-0.1, -0.05) is 6.07 Å². The molecule has 0 N–H and O–H groups in total. The van der Waals surface area contributed by atoms with Gasteiger partial charge in [0.15, 0.2) is 0 Å². The third-order valence-electron chi connectivity index (χ3n) is 2.89. The van der Waals surface area contributed by atoms with E-state index in [0.717, 1.165) is 5.69 Å². The lowest BCUT2D eigenvalue weighted by Gasteiger charge is -2.18. The number of amides is 1. The average molecular weight is 258 g/mol. The summed E-state index contributed by atoms with van der Waals surface area (Å²) in [4.78, 5) is 18.0. The van der Waals surface area contributed by atoms with Crippen molar-refractivity contribution in [2.24, 2.45) is 0 Å². The van der Waals surface area contributed by atoms with Crippen LogP contribution in [0.5, 0.6) is 0 Å². The van der Waals surface area contributed by atoms with Crippen LogP contribution in [0.1, 0.15) is 21.6 Å². The molecule has 1 aromatic heterocycles. The van der Waals surface area contributed by atoms with Gasteiger partial charge in [-0.05, 0) is 42.8 Å². The number of rotatable bonds is 3. The van der Waals surface area contributed by atoms with E-state index in [9.17, 15) is 9.18 Å². The predicted molar refractivity (Wildman–Crippen MR) is 71.2 cm³/mol. The van der Waals surface area contributed by atoms with Crippen LogP contribution in [0.25, 0.3) is 0 Å².